The predicted molar refractivity (Wildman–Crippen MR) is 110 cm³/mol. The summed E-state index contributed by atoms with van der Waals surface area (Å²) in [5.41, 5.74) is 2.53. The molecule has 1 aromatic carbocycles. The largest absolute Gasteiger partial charge is 0.409 e. The molecule has 9 heteroatoms. The Hall–Kier alpha value is -3.30. The fourth-order valence-electron chi connectivity index (χ4n) is 3.35. The summed E-state index contributed by atoms with van der Waals surface area (Å²) in [6.07, 6.45) is 0. The molecule has 0 aliphatic carbocycles. The van der Waals surface area contributed by atoms with Crippen molar-refractivity contribution in [1.82, 2.24) is 19.7 Å². The molecule has 0 N–H and O–H groups in total. The minimum Gasteiger partial charge on any atom is -0.409 e. The minimum atomic E-state index is 0.245. The van der Waals surface area contributed by atoms with Crippen LogP contribution >= 0.6 is 11.3 Å². The maximum Gasteiger partial charge on any atom is 0.299 e. The second-order valence-electron chi connectivity index (χ2n) is 6.45. The van der Waals surface area contributed by atoms with Crippen molar-refractivity contribution in [2.45, 2.75) is 0 Å². The van der Waals surface area contributed by atoms with Gasteiger partial charge in [0, 0.05) is 24.0 Å². The fraction of sp³-hybridized carbons (Fsp3) is 0.200. The van der Waals surface area contributed by atoms with Crippen LogP contribution in [0, 0.1) is 0 Å². The van der Waals surface area contributed by atoms with Gasteiger partial charge in [0.15, 0.2) is 5.65 Å². The third-order valence-corrected chi connectivity index (χ3v) is 5.51. The Morgan fingerprint density at radius 1 is 1.07 bits per heavy atom. The van der Waals surface area contributed by atoms with Crippen molar-refractivity contribution < 1.29 is 14.3 Å². The summed E-state index contributed by atoms with van der Waals surface area (Å²) in [6.45, 7) is 3.34. The van der Waals surface area contributed by atoms with E-state index in [0.29, 0.717) is 30.5 Å². The molecule has 29 heavy (non-hydrogen) atoms. The van der Waals surface area contributed by atoms with Gasteiger partial charge >= 0.3 is 0 Å². The van der Waals surface area contributed by atoms with Gasteiger partial charge in [0.05, 0.1) is 18.6 Å². The highest BCUT2D eigenvalue weighted by atomic mass is 32.1. The predicted octanol–water partition coefficient (Wildman–Crippen LogP) is 2.92. The van der Waals surface area contributed by atoms with Crippen LogP contribution in [0.3, 0.4) is 0 Å². The van der Waals surface area contributed by atoms with E-state index < -0.39 is 0 Å². The highest BCUT2D eigenvalue weighted by Gasteiger charge is 2.20. The molecule has 1 aliphatic rings. The van der Waals surface area contributed by atoms with Gasteiger partial charge in [-0.25, -0.2) is 4.98 Å². The van der Waals surface area contributed by atoms with Crippen LogP contribution in [-0.2, 0) is 9.53 Å². The standard InChI is InChI=1S/C20H17N5O3S/c26-13-28-17-12-29-20(22-17)25-19-15(18(23-25)14-4-2-1-3-5-14)6-7-16(21-19)24-8-10-27-11-9-24/h1-7,12-13H,8-11H2. The van der Waals surface area contributed by atoms with Crippen molar-refractivity contribution in [3.8, 4) is 22.3 Å². The number of rotatable bonds is 5. The molecular formula is C20H17N5O3S. The first kappa shape index (κ1) is 17.8. The molecule has 0 unspecified atom stereocenters. The number of carbonyl (C=O) groups is 1. The molecule has 4 heterocycles. The lowest BCUT2D eigenvalue weighted by Gasteiger charge is -2.27. The molecule has 4 aromatic rings. The number of ether oxygens (including phenoxy) is 2. The third kappa shape index (κ3) is 3.34. The van der Waals surface area contributed by atoms with Gasteiger partial charge < -0.3 is 14.4 Å². The molecule has 0 spiro atoms. The number of benzene rings is 1. The first-order valence-electron chi connectivity index (χ1n) is 9.17. The molecule has 0 atom stereocenters. The van der Waals surface area contributed by atoms with Crippen molar-refractivity contribution in [2.24, 2.45) is 0 Å². The molecule has 8 nitrogen and oxygen atoms in total. The number of carbonyl (C=O) groups excluding carboxylic acids is 1. The number of aromatic nitrogens is 4. The Labute approximate surface area is 170 Å². The van der Waals surface area contributed by atoms with Gasteiger partial charge in [-0.15, -0.1) is 0 Å². The van der Waals surface area contributed by atoms with E-state index >= 15 is 0 Å². The number of fused-ring (bicyclic) bond motifs is 1. The van der Waals surface area contributed by atoms with E-state index in [1.54, 1.807) is 10.1 Å². The van der Waals surface area contributed by atoms with E-state index in [9.17, 15) is 4.79 Å². The molecule has 146 valence electrons. The number of nitrogens with zero attached hydrogens (tertiary/aromatic N) is 5. The molecule has 0 amide bonds. The summed E-state index contributed by atoms with van der Waals surface area (Å²) in [6, 6.07) is 14.0. The Bertz CT molecular complexity index is 1150. The summed E-state index contributed by atoms with van der Waals surface area (Å²) < 4.78 is 12.0. The van der Waals surface area contributed by atoms with Gasteiger partial charge in [-0.1, -0.05) is 41.7 Å². The third-order valence-electron chi connectivity index (χ3n) is 4.72. The summed E-state index contributed by atoms with van der Waals surface area (Å²) in [5.74, 6) is 1.12. The lowest BCUT2D eigenvalue weighted by atomic mass is 10.1. The molecular weight excluding hydrogens is 390 g/mol. The number of morpholine rings is 1. The van der Waals surface area contributed by atoms with E-state index in [1.165, 1.54) is 11.3 Å². The number of pyridine rings is 1. The Morgan fingerprint density at radius 2 is 1.90 bits per heavy atom. The van der Waals surface area contributed by atoms with Gasteiger partial charge in [0.2, 0.25) is 11.0 Å². The van der Waals surface area contributed by atoms with Crippen molar-refractivity contribution in [2.75, 3.05) is 31.2 Å². The number of hydrogen-bond acceptors (Lipinski definition) is 8. The summed E-state index contributed by atoms with van der Waals surface area (Å²) in [5, 5.41) is 7.99. The molecule has 3 aromatic heterocycles. The summed E-state index contributed by atoms with van der Waals surface area (Å²) in [7, 11) is 0. The second kappa shape index (κ2) is 7.61. The van der Waals surface area contributed by atoms with E-state index in [4.69, 9.17) is 19.6 Å². The highest BCUT2D eigenvalue weighted by Crippen LogP contribution is 2.32. The zero-order chi connectivity index (χ0) is 19.6. The lowest BCUT2D eigenvalue weighted by molar-refractivity contribution is -0.120. The first-order valence-corrected chi connectivity index (χ1v) is 10.1. The Kier molecular flexibility index (Phi) is 4.66. The molecule has 0 bridgehead atoms. The van der Waals surface area contributed by atoms with Crippen LogP contribution in [0.5, 0.6) is 5.88 Å². The van der Waals surface area contributed by atoms with Crippen LogP contribution in [0.2, 0.25) is 0 Å². The van der Waals surface area contributed by atoms with Crippen LogP contribution < -0.4 is 9.64 Å². The van der Waals surface area contributed by atoms with Crippen LogP contribution in [0.1, 0.15) is 0 Å². The van der Waals surface area contributed by atoms with Crippen LogP contribution in [-0.4, -0.2) is 52.5 Å². The molecule has 1 aliphatic heterocycles. The zero-order valence-corrected chi connectivity index (χ0v) is 16.2. The van der Waals surface area contributed by atoms with Gasteiger partial charge in [-0.2, -0.15) is 14.8 Å². The molecule has 0 saturated carbocycles. The Balaban J connectivity index is 1.67. The van der Waals surface area contributed by atoms with Crippen molar-refractivity contribution in [3.63, 3.8) is 0 Å². The smallest absolute Gasteiger partial charge is 0.299 e. The van der Waals surface area contributed by atoms with Crippen LogP contribution in [0.25, 0.3) is 27.4 Å². The number of hydrogen-bond donors (Lipinski definition) is 0. The highest BCUT2D eigenvalue weighted by molar-refractivity contribution is 7.12. The average Bonchev–Trinajstić information content (AvgIpc) is 3.39. The maximum absolute atomic E-state index is 10.6. The van der Waals surface area contributed by atoms with Crippen LogP contribution in [0.4, 0.5) is 5.82 Å². The number of thiazole rings is 1. The quantitative estimate of drug-likeness (QED) is 0.471. The maximum atomic E-state index is 10.6. The lowest BCUT2D eigenvalue weighted by Crippen LogP contribution is -2.36. The Morgan fingerprint density at radius 3 is 2.69 bits per heavy atom. The van der Waals surface area contributed by atoms with Crippen molar-refractivity contribution >= 4 is 34.7 Å². The van der Waals surface area contributed by atoms with Crippen LogP contribution in [0.15, 0.2) is 47.8 Å². The topological polar surface area (TPSA) is 82.4 Å². The van der Waals surface area contributed by atoms with Crippen molar-refractivity contribution in [3.05, 3.63) is 47.8 Å². The fourth-order valence-corrected chi connectivity index (χ4v) is 4.03. The van der Waals surface area contributed by atoms with Gasteiger partial charge in [0.25, 0.3) is 6.47 Å². The minimum absolute atomic E-state index is 0.245. The van der Waals surface area contributed by atoms with Crippen molar-refractivity contribution in [1.29, 1.82) is 0 Å². The molecule has 5 rings (SSSR count). The summed E-state index contributed by atoms with van der Waals surface area (Å²) >= 11 is 1.34. The number of anilines is 1. The zero-order valence-electron chi connectivity index (χ0n) is 15.4. The van der Waals surface area contributed by atoms with E-state index in [1.807, 2.05) is 36.4 Å². The van der Waals surface area contributed by atoms with E-state index in [0.717, 1.165) is 35.6 Å². The average molecular weight is 407 g/mol. The normalized spacial score (nSPS) is 14.3. The SMILES string of the molecule is O=COc1csc(-n2nc(-c3ccccc3)c3ccc(N4CCOCC4)nc32)n1. The molecule has 0 radical (unpaired) electrons. The first-order chi connectivity index (χ1) is 14.3. The second-order valence-corrected chi connectivity index (χ2v) is 7.29. The molecule has 1 saturated heterocycles. The molecule has 1 fully saturated rings. The van der Waals surface area contributed by atoms with E-state index in [2.05, 4.69) is 16.0 Å². The van der Waals surface area contributed by atoms with Gasteiger partial charge in [-0.3, -0.25) is 4.79 Å². The van der Waals surface area contributed by atoms with Gasteiger partial charge in [0.1, 0.15) is 11.5 Å². The van der Waals surface area contributed by atoms with Gasteiger partial charge in [-0.05, 0) is 12.1 Å². The summed E-state index contributed by atoms with van der Waals surface area (Å²) in [4.78, 5) is 22.1. The van der Waals surface area contributed by atoms with E-state index in [-0.39, 0.29) is 5.88 Å². The monoisotopic (exact) mass is 407 g/mol.